The van der Waals surface area contributed by atoms with Gasteiger partial charge in [0.15, 0.2) is 12.1 Å². The number of allylic oxidation sites excluding steroid dienone is 5. The molecule has 0 aliphatic rings. The molecular formula is C20H24F2N2O. The van der Waals surface area contributed by atoms with E-state index in [0.29, 0.717) is 17.8 Å². The molecule has 0 atom stereocenters. The molecule has 0 saturated heterocycles. The van der Waals surface area contributed by atoms with Crippen LogP contribution in [-0.2, 0) is 6.54 Å². The van der Waals surface area contributed by atoms with Crippen LogP contribution in [-0.4, -0.2) is 15.8 Å². The number of aldehydes is 1. The van der Waals surface area contributed by atoms with E-state index in [4.69, 9.17) is 0 Å². The van der Waals surface area contributed by atoms with E-state index in [1.54, 1.807) is 6.08 Å². The molecule has 0 aliphatic carbocycles. The quantitative estimate of drug-likeness (QED) is 0.508. The van der Waals surface area contributed by atoms with Crippen molar-refractivity contribution in [2.45, 2.75) is 41.2 Å². The standard InChI is InChI=1S/C18H18F2N2O.C2H6/c1-12(5-4-6-15(20)9-19)10-22-8-7-16-13(2)17(11-23)14(3)21-18(16)22;1-2/h4-9,11H,10H2,1-3H3;1-2H3/b6-4-,12-5+,15-9-;. The van der Waals surface area contributed by atoms with E-state index >= 15 is 0 Å². The fraction of sp³-hybridized carbons (Fsp3) is 0.300. The minimum atomic E-state index is -0.922. The van der Waals surface area contributed by atoms with E-state index in [9.17, 15) is 13.6 Å². The maximum Gasteiger partial charge on any atom is 0.152 e. The van der Waals surface area contributed by atoms with Gasteiger partial charge in [0, 0.05) is 23.7 Å². The second-order valence-corrected chi connectivity index (χ2v) is 5.40. The number of rotatable bonds is 5. The minimum absolute atomic E-state index is 0.0841. The van der Waals surface area contributed by atoms with Gasteiger partial charge >= 0.3 is 0 Å². The molecule has 2 rings (SSSR count). The van der Waals surface area contributed by atoms with Crippen molar-refractivity contribution >= 4 is 17.3 Å². The molecule has 0 fully saturated rings. The first-order chi connectivity index (χ1) is 12.0. The SMILES string of the molecule is CC.C\C(=C/C=C\C(F)=C\F)Cn1ccc2c(C)c(C=O)c(C)nc21. The maximum atomic E-state index is 12.7. The Hall–Kier alpha value is -2.56. The molecule has 2 aromatic heterocycles. The van der Waals surface area contributed by atoms with Crippen LogP contribution in [0.4, 0.5) is 8.78 Å². The normalized spacial score (nSPS) is 12.4. The molecule has 0 amide bonds. The Morgan fingerprint density at radius 1 is 1.32 bits per heavy atom. The molecule has 0 aromatic carbocycles. The van der Waals surface area contributed by atoms with Gasteiger partial charge in [-0.05, 0) is 38.5 Å². The Bertz CT molecular complexity index is 830. The maximum absolute atomic E-state index is 12.7. The molecule has 0 spiro atoms. The summed E-state index contributed by atoms with van der Waals surface area (Å²) in [5, 5.41) is 0.937. The van der Waals surface area contributed by atoms with Gasteiger partial charge in [-0.1, -0.05) is 31.6 Å². The first kappa shape index (κ1) is 20.5. The van der Waals surface area contributed by atoms with Crippen molar-refractivity contribution < 1.29 is 13.6 Å². The fourth-order valence-corrected chi connectivity index (χ4v) is 2.48. The van der Waals surface area contributed by atoms with Gasteiger partial charge in [0.05, 0.1) is 5.69 Å². The fourth-order valence-electron chi connectivity index (χ4n) is 2.48. The van der Waals surface area contributed by atoms with E-state index in [0.717, 1.165) is 34.5 Å². The van der Waals surface area contributed by atoms with Gasteiger partial charge in [-0.25, -0.2) is 13.8 Å². The Labute approximate surface area is 147 Å². The van der Waals surface area contributed by atoms with Crippen molar-refractivity contribution in [3.05, 3.63) is 65.0 Å². The van der Waals surface area contributed by atoms with Crippen LogP contribution in [0.2, 0.25) is 0 Å². The lowest BCUT2D eigenvalue weighted by atomic mass is 10.1. The highest BCUT2D eigenvalue weighted by molar-refractivity contribution is 5.90. The molecule has 0 bridgehead atoms. The number of hydrogen-bond acceptors (Lipinski definition) is 2. The summed E-state index contributed by atoms with van der Waals surface area (Å²) in [6.45, 7) is 10.2. The van der Waals surface area contributed by atoms with Crippen molar-refractivity contribution in [1.82, 2.24) is 9.55 Å². The first-order valence-electron chi connectivity index (χ1n) is 8.19. The molecule has 134 valence electrons. The molecule has 0 unspecified atom stereocenters. The Kier molecular flexibility index (Phi) is 7.92. The molecule has 25 heavy (non-hydrogen) atoms. The number of aryl methyl sites for hydroxylation is 2. The van der Waals surface area contributed by atoms with E-state index in [1.807, 2.05) is 51.4 Å². The number of pyridine rings is 1. The summed E-state index contributed by atoms with van der Waals surface area (Å²) in [7, 11) is 0. The lowest BCUT2D eigenvalue weighted by Gasteiger charge is -2.08. The van der Waals surface area contributed by atoms with Crippen molar-refractivity contribution in [2.75, 3.05) is 0 Å². The highest BCUT2D eigenvalue weighted by Crippen LogP contribution is 2.23. The predicted octanol–water partition coefficient (Wildman–Crippen LogP) is 5.77. The van der Waals surface area contributed by atoms with Crippen molar-refractivity contribution in [3.63, 3.8) is 0 Å². The number of halogens is 2. The first-order valence-corrected chi connectivity index (χ1v) is 8.19. The third kappa shape index (κ3) is 4.95. The summed E-state index contributed by atoms with van der Waals surface area (Å²) in [4.78, 5) is 15.7. The second-order valence-electron chi connectivity index (χ2n) is 5.40. The molecule has 0 N–H and O–H groups in total. The van der Waals surface area contributed by atoms with Crippen LogP contribution < -0.4 is 0 Å². The van der Waals surface area contributed by atoms with Crippen molar-refractivity contribution in [3.8, 4) is 0 Å². The molecule has 2 aromatic rings. The third-order valence-corrected chi connectivity index (χ3v) is 3.68. The van der Waals surface area contributed by atoms with E-state index < -0.39 is 5.83 Å². The Morgan fingerprint density at radius 3 is 2.60 bits per heavy atom. The predicted molar refractivity (Wildman–Crippen MR) is 99.1 cm³/mol. The number of nitrogens with zero attached hydrogens (tertiary/aromatic N) is 2. The highest BCUT2D eigenvalue weighted by atomic mass is 19.2. The van der Waals surface area contributed by atoms with Crippen LogP contribution in [0, 0.1) is 13.8 Å². The van der Waals surface area contributed by atoms with Crippen molar-refractivity contribution in [2.24, 2.45) is 0 Å². The van der Waals surface area contributed by atoms with Gasteiger partial charge in [-0.15, -0.1) is 0 Å². The summed E-state index contributed by atoms with van der Waals surface area (Å²) in [6.07, 6.45) is 6.88. The number of aromatic nitrogens is 2. The lowest BCUT2D eigenvalue weighted by Crippen LogP contribution is -2.02. The summed E-state index contributed by atoms with van der Waals surface area (Å²) in [6, 6.07) is 1.93. The van der Waals surface area contributed by atoms with Crippen LogP contribution in [0.25, 0.3) is 11.0 Å². The zero-order valence-electron chi connectivity index (χ0n) is 15.3. The highest BCUT2D eigenvalue weighted by Gasteiger charge is 2.11. The monoisotopic (exact) mass is 346 g/mol. The summed E-state index contributed by atoms with van der Waals surface area (Å²) < 4.78 is 26.5. The van der Waals surface area contributed by atoms with Gasteiger partial charge in [-0.3, -0.25) is 4.79 Å². The summed E-state index contributed by atoms with van der Waals surface area (Å²) in [5.74, 6) is -0.922. The van der Waals surface area contributed by atoms with Gasteiger partial charge in [-0.2, -0.15) is 0 Å². The molecule has 0 radical (unpaired) electrons. The van der Waals surface area contributed by atoms with Crippen LogP contribution in [0.1, 0.15) is 42.4 Å². The molecular weight excluding hydrogens is 322 g/mol. The van der Waals surface area contributed by atoms with Crippen LogP contribution in [0.3, 0.4) is 0 Å². The molecule has 3 nitrogen and oxygen atoms in total. The van der Waals surface area contributed by atoms with Crippen LogP contribution in [0.5, 0.6) is 0 Å². The third-order valence-electron chi connectivity index (χ3n) is 3.68. The Morgan fingerprint density at radius 2 is 2.00 bits per heavy atom. The summed E-state index contributed by atoms with van der Waals surface area (Å²) >= 11 is 0. The molecule has 5 heteroatoms. The molecule has 0 aliphatic heterocycles. The van der Waals surface area contributed by atoms with Gasteiger partial charge in [0.2, 0.25) is 0 Å². The van der Waals surface area contributed by atoms with Gasteiger partial charge in [0.25, 0.3) is 0 Å². The topological polar surface area (TPSA) is 34.9 Å². The lowest BCUT2D eigenvalue weighted by molar-refractivity contribution is 0.112. The smallest absolute Gasteiger partial charge is 0.152 e. The molecule has 0 saturated carbocycles. The van der Waals surface area contributed by atoms with Gasteiger partial charge < -0.3 is 4.57 Å². The van der Waals surface area contributed by atoms with E-state index in [-0.39, 0.29) is 6.33 Å². The number of carbonyl (C=O) groups is 1. The number of carbonyl (C=O) groups excluding carboxylic acids is 1. The number of fused-ring (bicyclic) bond motifs is 1. The largest absolute Gasteiger partial charge is 0.328 e. The second kappa shape index (κ2) is 9.67. The van der Waals surface area contributed by atoms with E-state index in [1.165, 1.54) is 6.08 Å². The van der Waals surface area contributed by atoms with Crippen LogP contribution in [0.15, 0.2) is 48.2 Å². The average Bonchev–Trinajstić information content (AvgIpc) is 2.99. The number of hydrogen-bond donors (Lipinski definition) is 0. The average molecular weight is 346 g/mol. The van der Waals surface area contributed by atoms with Crippen molar-refractivity contribution in [1.29, 1.82) is 0 Å². The van der Waals surface area contributed by atoms with Crippen LogP contribution >= 0.6 is 0 Å². The minimum Gasteiger partial charge on any atom is -0.328 e. The molecule has 2 heterocycles. The summed E-state index contributed by atoms with van der Waals surface area (Å²) in [5.41, 5.74) is 4.00. The Balaban J connectivity index is 0.00000151. The zero-order valence-corrected chi connectivity index (χ0v) is 15.3. The van der Waals surface area contributed by atoms with Gasteiger partial charge in [0.1, 0.15) is 12.0 Å². The van der Waals surface area contributed by atoms with E-state index in [2.05, 4.69) is 4.98 Å². The zero-order chi connectivity index (χ0) is 19.0.